The second kappa shape index (κ2) is 2.10. The van der Waals surface area contributed by atoms with Gasteiger partial charge in [-0.25, -0.2) is 0 Å². The fourth-order valence-electron chi connectivity index (χ4n) is 0.789. The first-order valence-electron chi connectivity index (χ1n) is 2.75. The van der Waals surface area contributed by atoms with Crippen molar-refractivity contribution in [2.75, 3.05) is 12.9 Å². The molecule has 0 aliphatic carbocycles. The Kier molecular flexibility index (Phi) is 1.57. The summed E-state index contributed by atoms with van der Waals surface area (Å²) in [6.07, 6.45) is 0. The lowest BCUT2D eigenvalue weighted by Gasteiger charge is -2.03. The van der Waals surface area contributed by atoms with E-state index < -0.39 is 10.8 Å². The Bertz CT molecular complexity index is 168. The Labute approximate surface area is 56.5 Å². The number of hydrogen-bond acceptors (Lipinski definition) is 2. The van der Waals surface area contributed by atoms with Gasteiger partial charge in [0.1, 0.15) is 5.25 Å². The van der Waals surface area contributed by atoms with Crippen molar-refractivity contribution in [1.82, 2.24) is 4.90 Å². The van der Waals surface area contributed by atoms with Crippen LogP contribution in [0.2, 0.25) is 0 Å². The van der Waals surface area contributed by atoms with Gasteiger partial charge in [0.2, 0.25) is 5.91 Å². The van der Waals surface area contributed by atoms with Gasteiger partial charge >= 0.3 is 0 Å². The summed E-state index contributed by atoms with van der Waals surface area (Å²) < 4.78 is 10.8. The molecule has 1 saturated heterocycles. The van der Waals surface area contributed by atoms with Crippen LogP contribution in [0.5, 0.6) is 0 Å². The average molecular weight is 147 g/mol. The first kappa shape index (κ1) is 6.74. The third-order valence-electron chi connectivity index (χ3n) is 1.44. The van der Waals surface area contributed by atoms with Crippen molar-refractivity contribution in [1.29, 1.82) is 0 Å². The quantitative estimate of drug-likeness (QED) is 0.465. The molecule has 0 bridgehead atoms. The van der Waals surface area contributed by atoms with Crippen molar-refractivity contribution in [2.45, 2.75) is 12.2 Å². The molecule has 1 aliphatic rings. The highest BCUT2D eigenvalue weighted by molar-refractivity contribution is 7.86. The molecule has 9 heavy (non-hydrogen) atoms. The van der Waals surface area contributed by atoms with E-state index in [2.05, 4.69) is 0 Å². The molecule has 2 atom stereocenters. The third kappa shape index (κ3) is 0.986. The zero-order valence-corrected chi connectivity index (χ0v) is 6.27. The molecule has 1 rings (SSSR count). The normalized spacial score (nSPS) is 35.8. The summed E-state index contributed by atoms with van der Waals surface area (Å²) in [6, 6.07) is 0. The molecule has 1 aliphatic heterocycles. The fraction of sp³-hybridized carbons (Fsp3) is 0.800. The number of rotatable bonds is 0. The standard InChI is InChI=1S/C5H9NO2S/c1-4-5(7)6(2)3-9(4)8/h4H,3H2,1-2H3. The van der Waals surface area contributed by atoms with Crippen LogP contribution in [-0.4, -0.2) is 33.2 Å². The van der Waals surface area contributed by atoms with Gasteiger partial charge in [-0.05, 0) is 6.92 Å². The lowest BCUT2D eigenvalue weighted by Crippen LogP contribution is -2.23. The van der Waals surface area contributed by atoms with Gasteiger partial charge in [-0.15, -0.1) is 0 Å². The van der Waals surface area contributed by atoms with E-state index >= 15 is 0 Å². The largest absolute Gasteiger partial charge is 0.333 e. The van der Waals surface area contributed by atoms with Gasteiger partial charge in [0.15, 0.2) is 0 Å². The average Bonchev–Trinajstić information content (AvgIpc) is 1.98. The van der Waals surface area contributed by atoms with E-state index in [1.54, 1.807) is 14.0 Å². The minimum Gasteiger partial charge on any atom is -0.333 e. The molecule has 52 valence electrons. The molecule has 0 saturated carbocycles. The summed E-state index contributed by atoms with van der Waals surface area (Å²) in [4.78, 5) is 12.3. The van der Waals surface area contributed by atoms with Gasteiger partial charge < -0.3 is 4.90 Å². The van der Waals surface area contributed by atoms with Crippen molar-refractivity contribution in [2.24, 2.45) is 0 Å². The van der Waals surface area contributed by atoms with Crippen LogP contribution in [0.3, 0.4) is 0 Å². The van der Waals surface area contributed by atoms with Crippen LogP contribution in [-0.2, 0) is 15.6 Å². The van der Waals surface area contributed by atoms with Gasteiger partial charge in [-0.2, -0.15) is 0 Å². The van der Waals surface area contributed by atoms with E-state index in [1.807, 2.05) is 0 Å². The highest BCUT2D eigenvalue weighted by Crippen LogP contribution is 2.09. The van der Waals surface area contributed by atoms with Crippen LogP contribution in [0.25, 0.3) is 0 Å². The maximum atomic E-state index is 10.8. The topological polar surface area (TPSA) is 37.4 Å². The molecule has 0 aromatic heterocycles. The lowest BCUT2D eigenvalue weighted by molar-refractivity contribution is -0.127. The van der Waals surface area contributed by atoms with Crippen molar-refractivity contribution in [3.05, 3.63) is 0 Å². The van der Waals surface area contributed by atoms with Gasteiger partial charge in [-0.1, -0.05) is 0 Å². The predicted molar refractivity (Wildman–Crippen MR) is 35.2 cm³/mol. The van der Waals surface area contributed by atoms with E-state index in [1.165, 1.54) is 4.90 Å². The molecular formula is C5H9NO2S. The van der Waals surface area contributed by atoms with Crippen molar-refractivity contribution in [3.63, 3.8) is 0 Å². The zero-order valence-electron chi connectivity index (χ0n) is 5.46. The van der Waals surface area contributed by atoms with Gasteiger partial charge in [0.05, 0.1) is 16.7 Å². The molecular weight excluding hydrogens is 138 g/mol. The van der Waals surface area contributed by atoms with Gasteiger partial charge in [0.25, 0.3) is 0 Å². The molecule has 0 spiro atoms. The summed E-state index contributed by atoms with van der Waals surface area (Å²) in [5.74, 6) is 0.397. The summed E-state index contributed by atoms with van der Waals surface area (Å²) in [5, 5.41) is -0.282. The molecule has 1 amide bonds. The van der Waals surface area contributed by atoms with Crippen LogP contribution < -0.4 is 0 Å². The molecule has 0 N–H and O–H groups in total. The molecule has 2 unspecified atom stereocenters. The molecule has 0 aromatic carbocycles. The fourth-order valence-corrected chi connectivity index (χ4v) is 1.93. The SMILES string of the molecule is CC1C(=O)N(C)CS1=O. The Morgan fingerprint density at radius 1 is 1.78 bits per heavy atom. The van der Waals surface area contributed by atoms with Crippen LogP contribution >= 0.6 is 0 Å². The Morgan fingerprint density at radius 2 is 2.33 bits per heavy atom. The van der Waals surface area contributed by atoms with Crippen LogP contribution in [0.15, 0.2) is 0 Å². The number of amides is 1. The van der Waals surface area contributed by atoms with Crippen LogP contribution in [0.1, 0.15) is 6.92 Å². The van der Waals surface area contributed by atoms with E-state index in [-0.39, 0.29) is 11.2 Å². The maximum Gasteiger partial charge on any atom is 0.238 e. The number of hydrogen-bond donors (Lipinski definition) is 0. The van der Waals surface area contributed by atoms with Crippen molar-refractivity contribution < 1.29 is 9.00 Å². The summed E-state index contributed by atoms with van der Waals surface area (Å²) in [7, 11) is 0.719. The number of carbonyl (C=O) groups excluding carboxylic acids is 1. The number of carbonyl (C=O) groups is 1. The molecule has 0 aromatic rings. The molecule has 3 nitrogen and oxygen atoms in total. The Hall–Kier alpha value is -0.380. The van der Waals surface area contributed by atoms with Gasteiger partial charge in [-0.3, -0.25) is 9.00 Å². The van der Waals surface area contributed by atoms with E-state index in [0.29, 0.717) is 5.88 Å². The maximum absolute atomic E-state index is 10.8. The minimum absolute atomic E-state index is 0.00617. The third-order valence-corrected chi connectivity index (χ3v) is 3.07. The van der Waals surface area contributed by atoms with Gasteiger partial charge in [0, 0.05) is 7.05 Å². The Morgan fingerprint density at radius 3 is 2.44 bits per heavy atom. The second-order valence-corrected chi connectivity index (χ2v) is 3.92. The molecule has 0 radical (unpaired) electrons. The Balaban J connectivity index is 2.77. The monoisotopic (exact) mass is 147 g/mol. The molecule has 1 fully saturated rings. The molecule has 1 heterocycles. The minimum atomic E-state index is -0.951. The van der Waals surface area contributed by atoms with Crippen molar-refractivity contribution >= 4 is 16.7 Å². The lowest BCUT2D eigenvalue weighted by atomic mass is 10.4. The van der Waals surface area contributed by atoms with E-state index in [9.17, 15) is 9.00 Å². The summed E-state index contributed by atoms with van der Waals surface area (Å²) >= 11 is 0. The van der Waals surface area contributed by atoms with E-state index in [0.717, 1.165) is 0 Å². The predicted octanol–water partition coefficient (Wildman–Crippen LogP) is -0.447. The second-order valence-electron chi connectivity index (χ2n) is 2.19. The van der Waals surface area contributed by atoms with Crippen LogP contribution in [0, 0.1) is 0 Å². The van der Waals surface area contributed by atoms with E-state index in [4.69, 9.17) is 0 Å². The summed E-state index contributed by atoms with van der Waals surface area (Å²) in [6.45, 7) is 1.70. The zero-order chi connectivity index (χ0) is 7.02. The highest BCUT2D eigenvalue weighted by Gasteiger charge is 2.31. The first-order valence-corrected chi connectivity index (χ1v) is 4.13. The number of nitrogens with zero attached hydrogens (tertiary/aromatic N) is 1. The summed E-state index contributed by atoms with van der Waals surface area (Å²) in [5.41, 5.74) is 0. The smallest absolute Gasteiger partial charge is 0.238 e. The first-order chi connectivity index (χ1) is 4.13. The van der Waals surface area contributed by atoms with Crippen LogP contribution in [0.4, 0.5) is 0 Å². The molecule has 4 heteroatoms. The van der Waals surface area contributed by atoms with Crippen molar-refractivity contribution in [3.8, 4) is 0 Å². The highest BCUT2D eigenvalue weighted by atomic mass is 32.2.